The second-order valence-electron chi connectivity index (χ2n) is 6.09. The van der Waals surface area contributed by atoms with Crippen molar-refractivity contribution in [1.29, 1.82) is 0 Å². The van der Waals surface area contributed by atoms with Gasteiger partial charge in [0.15, 0.2) is 5.58 Å². The van der Waals surface area contributed by atoms with Crippen LogP contribution in [0.5, 0.6) is 0 Å². The maximum Gasteiger partial charge on any atom is 0.233 e. The van der Waals surface area contributed by atoms with Gasteiger partial charge >= 0.3 is 0 Å². The van der Waals surface area contributed by atoms with E-state index in [-0.39, 0.29) is 24.3 Å². The van der Waals surface area contributed by atoms with Crippen LogP contribution in [-0.4, -0.2) is 54.6 Å². The van der Waals surface area contributed by atoms with Gasteiger partial charge in [-0.25, -0.2) is 0 Å². The van der Waals surface area contributed by atoms with Gasteiger partial charge in [0.1, 0.15) is 5.69 Å². The zero-order valence-electron chi connectivity index (χ0n) is 13.7. The van der Waals surface area contributed by atoms with Crippen LogP contribution in [0.15, 0.2) is 28.8 Å². The molecule has 0 unspecified atom stereocenters. The van der Waals surface area contributed by atoms with Crippen LogP contribution in [0.3, 0.4) is 0 Å². The Balaban J connectivity index is 1.49. The second kappa shape index (κ2) is 7.44. The first kappa shape index (κ1) is 16.4. The van der Waals surface area contributed by atoms with Crippen LogP contribution in [0.1, 0.15) is 18.5 Å². The lowest BCUT2D eigenvalue weighted by atomic mass is 10.0. The molecule has 2 heterocycles. The number of piperidine rings is 1. The lowest BCUT2D eigenvalue weighted by Crippen LogP contribution is -2.47. The highest BCUT2D eigenvalue weighted by Gasteiger charge is 2.22. The standard InChI is InChI=1S/C17H22N4O3/c1-18-17(23)11-21-8-6-12(7-9-21)19-16(22)10-14-13-4-2-3-5-15(13)24-20-14/h2-5,12H,6-11H2,1H3,(H,18,23)(H,19,22). The third-order valence-electron chi connectivity index (χ3n) is 4.38. The van der Waals surface area contributed by atoms with Gasteiger partial charge in [-0.05, 0) is 25.0 Å². The van der Waals surface area contributed by atoms with Crippen molar-refractivity contribution in [2.75, 3.05) is 26.7 Å². The molecule has 1 aliphatic heterocycles. The molecule has 0 atom stereocenters. The fourth-order valence-corrected chi connectivity index (χ4v) is 3.01. The predicted octanol–water partition coefficient (Wildman–Crippen LogP) is 0.697. The topological polar surface area (TPSA) is 87.5 Å². The Kier molecular flexibility index (Phi) is 5.10. The van der Waals surface area contributed by atoms with Crippen molar-refractivity contribution in [1.82, 2.24) is 20.7 Å². The molecule has 7 nitrogen and oxygen atoms in total. The van der Waals surface area contributed by atoms with Crippen molar-refractivity contribution in [2.45, 2.75) is 25.3 Å². The van der Waals surface area contributed by atoms with Crippen molar-refractivity contribution in [2.24, 2.45) is 0 Å². The van der Waals surface area contributed by atoms with Crippen LogP contribution in [0, 0.1) is 0 Å². The molecule has 3 rings (SSSR count). The highest BCUT2D eigenvalue weighted by atomic mass is 16.5. The minimum absolute atomic E-state index is 0.0235. The summed E-state index contributed by atoms with van der Waals surface area (Å²) in [6.07, 6.45) is 1.92. The number of nitrogens with zero attached hydrogens (tertiary/aromatic N) is 2. The van der Waals surface area contributed by atoms with E-state index in [1.165, 1.54) is 0 Å². The van der Waals surface area contributed by atoms with E-state index in [2.05, 4.69) is 20.7 Å². The second-order valence-corrected chi connectivity index (χ2v) is 6.09. The Labute approximate surface area is 140 Å². The Bertz CT molecular complexity index is 719. The van der Waals surface area contributed by atoms with Crippen LogP contribution >= 0.6 is 0 Å². The van der Waals surface area contributed by atoms with Gasteiger partial charge in [0.2, 0.25) is 11.8 Å². The number of carbonyl (C=O) groups is 2. The summed E-state index contributed by atoms with van der Waals surface area (Å²) < 4.78 is 5.23. The number of para-hydroxylation sites is 1. The number of likely N-dealkylation sites (tertiary alicyclic amines) is 1. The molecule has 2 N–H and O–H groups in total. The zero-order valence-corrected chi connectivity index (χ0v) is 13.7. The quantitative estimate of drug-likeness (QED) is 0.842. The average molecular weight is 330 g/mol. The molecular formula is C17H22N4O3. The molecular weight excluding hydrogens is 308 g/mol. The minimum Gasteiger partial charge on any atom is -0.358 e. The predicted molar refractivity (Wildman–Crippen MR) is 89.4 cm³/mol. The fourth-order valence-electron chi connectivity index (χ4n) is 3.01. The molecule has 2 amide bonds. The van der Waals surface area contributed by atoms with Crippen LogP contribution in [0.25, 0.3) is 11.0 Å². The van der Waals surface area contributed by atoms with E-state index in [0.717, 1.165) is 31.3 Å². The molecule has 0 bridgehead atoms. The smallest absolute Gasteiger partial charge is 0.233 e. The number of hydrogen-bond acceptors (Lipinski definition) is 5. The summed E-state index contributed by atoms with van der Waals surface area (Å²) in [5.74, 6) is -0.0193. The number of nitrogens with one attached hydrogen (secondary N) is 2. The summed E-state index contributed by atoms with van der Waals surface area (Å²) in [5.41, 5.74) is 1.36. The number of hydrogen-bond donors (Lipinski definition) is 2. The van der Waals surface area contributed by atoms with E-state index in [9.17, 15) is 9.59 Å². The molecule has 1 saturated heterocycles. The molecule has 24 heavy (non-hydrogen) atoms. The molecule has 1 aromatic heterocycles. The highest BCUT2D eigenvalue weighted by Crippen LogP contribution is 2.18. The molecule has 0 spiro atoms. The number of carbonyl (C=O) groups excluding carboxylic acids is 2. The van der Waals surface area contributed by atoms with Gasteiger partial charge in [-0.2, -0.15) is 0 Å². The van der Waals surface area contributed by atoms with Crippen LogP contribution in [-0.2, 0) is 16.0 Å². The monoisotopic (exact) mass is 330 g/mol. The maximum atomic E-state index is 12.3. The number of fused-ring (bicyclic) bond motifs is 1. The van der Waals surface area contributed by atoms with Crippen LogP contribution < -0.4 is 10.6 Å². The summed E-state index contributed by atoms with van der Waals surface area (Å²) in [5, 5.41) is 10.6. The maximum absolute atomic E-state index is 12.3. The fraction of sp³-hybridized carbons (Fsp3) is 0.471. The lowest BCUT2D eigenvalue weighted by molar-refractivity contribution is -0.123. The largest absolute Gasteiger partial charge is 0.358 e. The number of likely N-dealkylation sites (N-methyl/N-ethyl adjacent to an activating group) is 1. The van der Waals surface area contributed by atoms with E-state index in [1.54, 1.807) is 7.05 Å². The first-order chi connectivity index (χ1) is 11.7. The molecule has 2 aromatic rings. The summed E-state index contributed by atoms with van der Waals surface area (Å²) in [6, 6.07) is 7.68. The van der Waals surface area contributed by atoms with E-state index >= 15 is 0 Å². The third kappa shape index (κ3) is 3.91. The van der Waals surface area contributed by atoms with Crippen molar-refractivity contribution >= 4 is 22.8 Å². The molecule has 128 valence electrons. The molecule has 7 heteroatoms. The van der Waals surface area contributed by atoms with Gasteiger partial charge < -0.3 is 15.2 Å². The lowest BCUT2D eigenvalue weighted by Gasteiger charge is -2.31. The number of amides is 2. The third-order valence-corrected chi connectivity index (χ3v) is 4.38. The van der Waals surface area contributed by atoms with Crippen molar-refractivity contribution in [3.63, 3.8) is 0 Å². The van der Waals surface area contributed by atoms with Gasteiger partial charge in [0.25, 0.3) is 0 Å². The van der Waals surface area contributed by atoms with Gasteiger partial charge in [-0.1, -0.05) is 17.3 Å². The first-order valence-corrected chi connectivity index (χ1v) is 8.21. The molecule has 0 radical (unpaired) electrons. The Morgan fingerprint density at radius 1 is 1.25 bits per heavy atom. The molecule has 0 aliphatic carbocycles. The average Bonchev–Trinajstić information content (AvgIpc) is 2.99. The minimum atomic E-state index is -0.0428. The molecule has 1 aliphatic rings. The van der Waals surface area contributed by atoms with Crippen LogP contribution in [0.2, 0.25) is 0 Å². The number of rotatable bonds is 5. The van der Waals surface area contributed by atoms with E-state index in [4.69, 9.17) is 4.52 Å². The van der Waals surface area contributed by atoms with Gasteiger partial charge in [0.05, 0.1) is 13.0 Å². The SMILES string of the molecule is CNC(=O)CN1CCC(NC(=O)Cc2noc3ccccc23)CC1. The van der Waals surface area contributed by atoms with Crippen molar-refractivity contribution < 1.29 is 14.1 Å². The van der Waals surface area contributed by atoms with E-state index in [1.807, 2.05) is 24.3 Å². The van der Waals surface area contributed by atoms with Crippen molar-refractivity contribution in [3.8, 4) is 0 Å². The highest BCUT2D eigenvalue weighted by molar-refractivity contribution is 5.86. The summed E-state index contributed by atoms with van der Waals surface area (Å²) >= 11 is 0. The zero-order chi connectivity index (χ0) is 16.9. The Hall–Kier alpha value is -2.41. The molecule has 1 aromatic carbocycles. The van der Waals surface area contributed by atoms with Gasteiger partial charge in [-0.15, -0.1) is 0 Å². The molecule has 0 saturated carbocycles. The summed E-state index contributed by atoms with van der Waals surface area (Å²) in [6.45, 7) is 2.04. The first-order valence-electron chi connectivity index (χ1n) is 8.21. The number of benzene rings is 1. The normalized spacial score (nSPS) is 16.2. The number of aromatic nitrogens is 1. The van der Waals surface area contributed by atoms with E-state index < -0.39 is 0 Å². The summed E-state index contributed by atoms with van der Waals surface area (Å²) in [7, 11) is 1.64. The summed E-state index contributed by atoms with van der Waals surface area (Å²) in [4.78, 5) is 25.7. The molecule has 1 fully saturated rings. The Morgan fingerprint density at radius 3 is 2.75 bits per heavy atom. The van der Waals surface area contributed by atoms with Crippen LogP contribution in [0.4, 0.5) is 0 Å². The van der Waals surface area contributed by atoms with Gasteiger partial charge in [0, 0.05) is 31.6 Å². The van der Waals surface area contributed by atoms with Gasteiger partial charge in [-0.3, -0.25) is 14.5 Å². The van der Waals surface area contributed by atoms with Crippen molar-refractivity contribution in [3.05, 3.63) is 30.0 Å². The van der Waals surface area contributed by atoms with E-state index in [0.29, 0.717) is 17.8 Å². The Morgan fingerprint density at radius 2 is 2.00 bits per heavy atom.